The van der Waals surface area contributed by atoms with Gasteiger partial charge >= 0.3 is 0 Å². The van der Waals surface area contributed by atoms with Crippen LogP contribution in [0, 0.1) is 9.49 Å². The van der Waals surface area contributed by atoms with E-state index in [1.54, 1.807) is 0 Å². The standard InChI is InChI=1S/C13H18INO.ClH/c14-11-7-5-9(6-8-11)12(15)13(16)10-3-1-2-4-10;/h5-8,10,12-13,16H,1-4,15H2;1H/t12-,13+;/m1./s1. The van der Waals surface area contributed by atoms with Gasteiger partial charge in [0.25, 0.3) is 0 Å². The second-order valence-electron chi connectivity index (χ2n) is 4.61. The van der Waals surface area contributed by atoms with Crippen LogP contribution in [0.4, 0.5) is 0 Å². The van der Waals surface area contributed by atoms with Crippen molar-refractivity contribution in [2.75, 3.05) is 0 Å². The first-order chi connectivity index (χ1) is 7.68. The molecular formula is C13H19ClINO. The first kappa shape index (κ1) is 15.2. The molecule has 0 aromatic heterocycles. The van der Waals surface area contributed by atoms with Gasteiger partial charge in [0.15, 0.2) is 0 Å². The van der Waals surface area contributed by atoms with E-state index in [0.29, 0.717) is 5.92 Å². The van der Waals surface area contributed by atoms with Gasteiger partial charge in [0.05, 0.1) is 12.1 Å². The maximum absolute atomic E-state index is 10.2. The summed E-state index contributed by atoms with van der Waals surface area (Å²) < 4.78 is 1.20. The summed E-state index contributed by atoms with van der Waals surface area (Å²) in [6.07, 6.45) is 4.34. The minimum Gasteiger partial charge on any atom is -0.391 e. The fourth-order valence-electron chi connectivity index (χ4n) is 2.47. The van der Waals surface area contributed by atoms with Crippen molar-refractivity contribution in [1.29, 1.82) is 0 Å². The van der Waals surface area contributed by atoms with Crippen LogP contribution in [-0.2, 0) is 0 Å². The molecule has 1 aliphatic carbocycles. The third kappa shape index (κ3) is 3.81. The van der Waals surface area contributed by atoms with E-state index in [9.17, 15) is 5.11 Å². The molecule has 1 saturated carbocycles. The van der Waals surface area contributed by atoms with Crippen molar-refractivity contribution >= 4 is 35.0 Å². The molecular weight excluding hydrogens is 349 g/mol. The lowest BCUT2D eigenvalue weighted by Gasteiger charge is -2.24. The van der Waals surface area contributed by atoms with Gasteiger partial charge in [0.2, 0.25) is 0 Å². The van der Waals surface area contributed by atoms with E-state index in [1.165, 1.54) is 16.4 Å². The van der Waals surface area contributed by atoms with Gasteiger partial charge in [-0.15, -0.1) is 12.4 Å². The summed E-state index contributed by atoms with van der Waals surface area (Å²) in [5.41, 5.74) is 7.16. The second kappa shape index (κ2) is 6.92. The van der Waals surface area contributed by atoms with E-state index >= 15 is 0 Å². The van der Waals surface area contributed by atoms with Crippen LogP contribution in [0.25, 0.3) is 0 Å². The van der Waals surface area contributed by atoms with E-state index in [1.807, 2.05) is 24.3 Å². The van der Waals surface area contributed by atoms with Gasteiger partial charge in [-0.05, 0) is 59.0 Å². The fourth-order valence-corrected chi connectivity index (χ4v) is 2.83. The van der Waals surface area contributed by atoms with Crippen LogP contribution in [0.1, 0.15) is 37.3 Å². The van der Waals surface area contributed by atoms with E-state index < -0.39 is 0 Å². The summed E-state index contributed by atoms with van der Waals surface area (Å²) >= 11 is 2.27. The average molecular weight is 368 g/mol. The second-order valence-corrected chi connectivity index (χ2v) is 5.86. The molecule has 1 aromatic carbocycles. The predicted octanol–water partition coefficient (Wildman–Crippen LogP) is 3.26. The topological polar surface area (TPSA) is 46.2 Å². The average Bonchev–Trinajstić information content (AvgIpc) is 2.81. The van der Waals surface area contributed by atoms with Crippen LogP contribution >= 0.6 is 35.0 Å². The smallest absolute Gasteiger partial charge is 0.0760 e. The Hall–Kier alpha value is 0.160. The van der Waals surface area contributed by atoms with Crippen LogP contribution in [0.3, 0.4) is 0 Å². The van der Waals surface area contributed by atoms with Gasteiger partial charge in [-0.2, -0.15) is 0 Å². The molecule has 4 heteroatoms. The molecule has 0 saturated heterocycles. The van der Waals surface area contributed by atoms with Crippen molar-refractivity contribution in [2.45, 2.75) is 37.8 Å². The summed E-state index contributed by atoms with van der Waals surface area (Å²) in [4.78, 5) is 0. The predicted molar refractivity (Wildman–Crippen MR) is 81.3 cm³/mol. The Bertz CT molecular complexity index is 338. The number of halogens is 2. The van der Waals surface area contributed by atoms with Gasteiger partial charge in [-0.1, -0.05) is 25.0 Å². The zero-order valence-electron chi connectivity index (χ0n) is 9.68. The molecule has 1 fully saturated rings. The number of rotatable bonds is 3. The highest BCUT2D eigenvalue weighted by molar-refractivity contribution is 14.1. The zero-order valence-corrected chi connectivity index (χ0v) is 12.7. The van der Waals surface area contributed by atoms with Crippen molar-refractivity contribution in [3.05, 3.63) is 33.4 Å². The minimum absolute atomic E-state index is 0. The van der Waals surface area contributed by atoms with Crippen molar-refractivity contribution in [3.63, 3.8) is 0 Å². The lowest BCUT2D eigenvalue weighted by Crippen LogP contribution is -2.31. The zero-order chi connectivity index (χ0) is 11.5. The van der Waals surface area contributed by atoms with E-state index in [2.05, 4.69) is 22.6 Å². The highest BCUT2D eigenvalue weighted by atomic mass is 127. The van der Waals surface area contributed by atoms with Crippen molar-refractivity contribution in [2.24, 2.45) is 11.7 Å². The largest absolute Gasteiger partial charge is 0.391 e. The number of aliphatic hydroxyl groups is 1. The molecule has 0 radical (unpaired) electrons. The van der Waals surface area contributed by atoms with Crippen LogP contribution in [0.15, 0.2) is 24.3 Å². The van der Waals surface area contributed by atoms with Crippen molar-refractivity contribution in [3.8, 4) is 0 Å². The maximum Gasteiger partial charge on any atom is 0.0760 e. The molecule has 0 unspecified atom stereocenters. The lowest BCUT2D eigenvalue weighted by molar-refractivity contribution is 0.0845. The Morgan fingerprint density at radius 1 is 1.18 bits per heavy atom. The SMILES string of the molecule is Cl.N[C@H](c1ccc(I)cc1)[C@@H](O)C1CCCC1. The molecule has 1 aliphatic rings. The van der Waals surface area contributed by atoms with Crippen LogP contribution in [0.5, 0.6) is 0 Å². The summed E-state index contributed by atoms with van der Waals surface area (Å²) in [5, 5.41) is 10.2. The summed E-state index contributed by atoms with van der Waals surface area (Å²) in [6, 6.07) is 7.88. The summed E-state index contributed by atoms with van der Waals surface area (Å²) in [5.74, 6) is 0.397. The number of hydrogen-bond donors (Lipinski definition) is 2. The van der Waals surface area contributed by atoms with Gasteiger partial charge < -0.3 is 10.8 Å². The third-order valence-corrected chi connectivity index (χ3v) is 4.22. The van der Waals surface area contributed by atoms with Crippen LogP contribution in [-0.4, -0.2) is 11.2 Å². The Morgan fingerprint density at radius 3 is 2.24 bits per heavy atom. The number of aliphatic hydroxyl groups excluding tert-OH is 1. The molecule has 1 aromatic rings. The van der Waals surface area contributed by atoms with Crippen molar-refractivity contribution < 1.29 is 5.11 Å². The molecule has 2 nitrogen and oxygen atoms in total. The molecule has 17 heavy (non-hydrogen) atoms. The highest BCUT2D eigenvalue weighted by Gasteiger charge is 2.28. The van der Waals surface area contributed by atoms with Crippen LogP contribution in [0.2, 0.25) is 0 Å². The van der Waals surface area contributed by atoms with E-state index in [0.717, 1.165) is 18.4 Å². The maximum atomic E-state index is 10.2. The number of hydrogen-bond acceptors (Lipinski definition) is 2. The first-order valence-corrected chi connectivity index (χ1v) is 6.95. The summed E-state index contributed by atoms with van der Waals surface area (Å²) in [6.45, 7) is 0. The van der Waals surface area contributed by atoms with Gasteiger partial charge in [0.1, 0.15) is 0 Å². The number of benzene rings is 1. The Morgan fingerprint density at radius 2 is 1.71 bits per heavy atom. The molecule has 96 valence electrons. The molecule has 0 aliphatic heterocycles. The normalized spacial score (nSPS) is 19.7. The first-order valence-electron chi connectivity index (χ1n) is 5.87. The monoisotopic (exact) mass is 367 g/mol. The Kier molecular flexibility index (Phi) is 6.20. The fraction of sp³-hybridized carbons (Fsp3) is 0.538. The van der Waals surface area contributed by atoms with Crippen molar-refractivity contribution in [1.82, 2.24) is 0 Å². The Balaban J connectivity index is 0.00000144. The minimum atomic E-state index is -0.387. The summed E-state index contributed by atoms with van der Waals surface area (Å²) in [7, 11) is 0. The highest BCUT2D eigenvalue weighted by Crippen LogP contribution is 2.32. The molecule has 0 spiro atoms. The molecule has 2 rings (SSSR count). The van der Waals surface area contributed by atoms with Gasteiger partial charge in [-0.3, -0.25) is 0 Å². The lowest BCUT2D eigenvalue weighted by atomic mass is 9.91. The van der Waals surface area contributed by atoms with E-state index in [4.69, 9.17) is 5.73 Å². The quantitative estimate of drug-likeness (QED) is 0.806. The van der Waals surface area contributed by atoms with E-state index in [-0.39, 0.29) is 24.6 Å². The van der Waals surface area contributed by atoms with Crippen LogP contribution < -0.4 is 5.73 Å². The van der Waals surface area contributed by atoms with Gasteiger partial charge in [0, 0.05) is 3.57 Å². The Labute approximate surface area is 123 Å². The van der Waals surface area contributed by atoms with Gasteiger partial charge in [-0.25, -0.2) is 0 Å². The molecule has 2 atom stereocenters. The molecule has 0 heterocycles. The molecule has 0 amide bonds. The number of nitrogens with two attached hydrogens (primary N) is 1. The molecule has 3 N–H and O–H groups in total. The third-order valence-electron chi connectivity index (χ3n) is 3.51. The molecule has 0 bridgehead atoms.